The molecule has 3 atom stereocenters. The average Bonchev–Trinajstić information content (AvgIpc) is 2.53. The molecule has 3 aliphatic rings. The Labute approximate surface area is 139 Å². The molecule has 23 heavy (non-hydrogen) atoms. The number of allylic oxidation sites excluding steroid dienone is 5. The van der Waals surface area contributed by atoms with E-state index in [2.05, 4.69) is 25.2 Å². The second-order valence-corrected chi connectivity index (χ2v) is 7.42. The van der Waals surface area contributed by atoms with Gasteiger partial charge in [-0.1, -0.05) is 37.8 Å². The average molecular weight is 315 g/mol. The standard InChI is InChI=1S/C20H29NO2/c1-13-10-17(22)11-14(2)18(13)12-16-8-9-19(23)20(21-16)15-6-4-3-5-7-15/h8-11,13,15-16,18,21-23H,3-7,12H2,1-2H3. The van der Waals surface area contributed by atoms with Gasteiger partial charge in [-0.15, -0.1) is 0 Å². The van der Waals surface area contributed by atoms with Crippen molar-refractivity contribution in [1.29, 1.82) is 0 Å². The van der Waals surface area contributed by atoms with Gasteiger partial charge < -0.3 is 15.5 Å². The normalized spacial score (nSPS) is 32.3. The predicted octanol–water partition coefficient (Wildman–Crippen LogP) is 4.91. The fourth-order valence-corrected chi connectivity index (χ4v) is 4.34. The van der Waals surface area contributed by atoms with Crippen molar-refractivity contribution in [2.75, 3.05) is 0 Å². The topological polar surface area (TPSA) is 52.5 Å². The second kappa shape index (κ2) is 6.86. The van der Waals surface area contributed by atoms with Crippen LogP contribution in [0.5, 0.6) is 0 Å². The van der Waals surface area contributed by atoms with Crippen LogP contribution >= 0.6 is 0 Å². The van der Waals surface area contributed by atoms with Gasteiger partial charge in [0, 0.05) is 12.0 Å². The fraction of sp³-hybridized carbons (Fsp3) is 0.600. The van der Waals surface area contributed by atoms with Crippen LogP contribution in [-0.2, 0) is 0 Å². The van der Waals surface area contributed by atoms with Gasteiger partial charge in [-0.2, -0.15) is 0 Å². The van der Waals surface area contributed by atoms with Gasteiger partial charge in [0.15, 0.2) is 0 Å². The Morgan fingerprint density at radius 3 is 2.61 bits per heavy atom. The summed E-state index contributed by atoms with van der Waals surface area (Å²) in [7, 11) is 0. The number of nitrogens with one attached hydrogen (secondary N) is 1. The molecule has 0 bridgehead atoms. The molecule has 1 heterocycles. The van der Waals surface area contributed by atoms with Gasteiger partial charge in [0.05, 0.1) is 5.70 Å². The Morgan fingerprint density at radius 1 is 1.17 bits per heavy atom. The molecule has 0 aromatic rings. The molecule has 3 nitrogen and oxygen atoms in total. The predicted molar refractivity (Wildman–Crippen MR) is 94.0 cm³/mol. The zero-order valence-electron chi connectivity index (χ0n) is 14.3. The SMILES string of the molecule is CC1=CC(O)=CC(C)C1CC1C=CC(O)=C(C2CCCCC2)N1. The molecule has 0 radical (unpaired) electrons. The molecule has 1 fully saturated rings. The van der Waals surface area contributed by atoms with Crippen molar-refractivity contribution in [2.24, 2.45) is 17.8 Å². The fourth-order valence-electron chi connectivity index (χ4n) is 4.34. The van der Waals surface area contributed by atoms with Gasteiger partial charge in [0.2, 0.25) is 0 Å². The summed E-state index contributed by atoms with van der Waals surface area (Å²) in [5.74, 6) is 2.07. The molecule has 0 amide bonds. The molecule has 0 spiro atoms. The first kappa shape index (κ1) is 16.2. The molecule has 1 aliphatic heterocycles. The third-order valence-electron chi connectivity index (χ3n) is 5.65. The van der Waals surface area contributed by atoms with Crippen molar-refractivity contribution >= 4 is 0 Å². The van der Waals surface area contributed by atoms with Crippen LogP contribution in [0.2, 0.25) is 0 Å². The summed E-state index contributed by atoms with van der Waals surface area (Å²) in [6.45, 7) is 4.27. The Hall–Kier alpha value is -1.64. The summed E-state index contributed by atoms with van der Waals surface area (Å²) >= 11 is 0. The van der Waals surface area contributed by atoms with E-state index in [1.165, 1.54) is 37.7 Å². The molecule has 0 saturated heterocycles. The third-order valence-corrected chi connectivity index (χ3v) is 5.65. The maximum absolute atomic E-state index is 10.3. The van der Waals surface area contributed by atoms with Crippen LogP contribution < -0.4 is 5.32 Å². The minimum atomic E-state index is 0.257. The maximum atomic E-state index is 10.3. The van der Waals surface area contributed by atoms with Crippen molar-refractivity contribution < 1.29 is 10.2 Å². The minimum absolute atomic E-state index is 0.257. The van der Waals surface area contributed by atoms with Crippen molar-refractivity contribution in [3.8, 4) is 0 Å². The highest BCUT2D eigenvalue weighted by Gasteiger charge is 2.28. The summed E-state index contributed by atoms with van der Waals surface area (Å²) in [6, 6.07) is 0.257. The molecule has 0 aromatic carbocycles. The molecule has 1 saturated carbocycles. The van der Waals surface area contributed by atoms with E-state index in [0.717, 1.165) is 12.1 Å². The van der Waals surface area contributed by atoms with Crippen LogP contribution in [0, 0.1) is 17.8 Å². The van der Waals surface area contributed by atoms with Gasteiger partial charge in [-0.3, -0.25) is 0 Å². The highest BCUT2D eigenvalue weighted by molar-refractivity contribution is 5.30. The van der Waals surface area contributed by atoms with Crippen LogP contribution in [-0.4, -0.2) is 16.3 Å². The highest BCUT2D eigenvalue weighted by atomic mass is 16.3. The molecule has 3 unspecified atom stereocenters. The summed E-state index contributed by atoms with van der Waals surface area (Å²) in [5.41, 5.74) is 2.30. The lowest BCUT2D eigenvalue weighted by Crippen LogP contribution is -2.37. The summed E-state index contributed by atoms with van der Waals surface area (Å²) in [5, 5.41) is 23.6. The van der Waals surface area contributed by atoms with Crippen LogP contribution in [0.25, 0.3) is 0 Å². The maximum Gasteiger partial charge on any atom is 0.134 e. The first-order valence-corrected chi connectivity index (χ1v) is 9.01. The monoisotopic (exact) mass is 315 g/mol. The molecule has 3 rings (SSSR count). The van der Waals surface area contributed by atoms with Crippen molar-refractivity contribution in [3.05, 3.63) is 47.1 Å². The van der Waals surface area contributed by atoms with Crippen molar-refractivity contribution in [3.63, 3.8) is 0 Å². The Balaban J connectivity index is 1.67. The molecule has 0 aromatic heterocycles. The second-order valence-electron chi connectivity index (χ2n) is 7.42. The highest BCUT2D eigenvalue weighted by Crippen LogP contribution is 2.35. The Morgan fingerprint density at radius 2 is 1.91 bits per heavy atom. The minimum Gasteiger partial charge on any atom is -0.508 e. The van der Waals surface area contributed by atoms with Gasteiger partial charge in [-0.05, 0) is 56.3 Å². The molecule has 126 valence electrons. The Bertz CT molecular complexity index is 564. The number of rotatable bonds is 3. The van der Waals surface area contributed by atoms with Gasteiger partial charge in [0.25, 0.3) is 0 Å². The summed E-state index contributed by atoms with van der Waals surface area (Å²) in [4.78, 5) is 0. The summed E-state index contributed by atoms with van der Waals surface area (Å²) < 4.78 is 0. The third kappa shape index (κ3) is 3.65. The lowest BCUT2D eigenvalue weighted by Gasteiger charge is -2.34. The first-order valence-electron chi connectivity index (χ1n) is 9.01. The van der Waals surface area contributed by atoms with Crippen LogP contribution in [0.3, 0.4) is 0 Å². The van der Waals surface area contributed by atoms with E-state index in [9.17, 15) is 10.2 Å². The largest absolute Gasteiger partial charge is 0.508 e. The van der Waals surface area contributed by atoms with Crippen molar-refractivity contribution in [1.82, 2.24) is 5.32 Å². The number of hydrogen-bond acceptors (Lipinski definition) is 3. The van der Waals surface area contributed by atoms with E-state index in [0.29, 0.717) is 29.3 Å². The van der Waals surface area contributed by atoms with Gasteiger partial charge in [0.1, 0.15) is 11.5 Å². The van der Waals surface area contributed by atoms with Gasteiger partial charge >= 0.3 is 0 Å². The molecule has 2 aliphatic carbocycles. The zero-order chi connectivity index (χ0) is 16.4. The van der Waals surface area contributed by atoms with Crippen LogP contribution in [0.4, 0.5) is 0 Å². The lowest BCUT2D eigenvalue weighted by atomic mass is 9.78. The summed E-state index contributed by atoms with van der Waals surface area (Å²) in [6.07, 6.45) is 15.0. The van der Waals surface area contributed by atoms with E-state index >= 15 is 0 Å². The van der Waals surface area contributed by atoms with Gasteiger partial charge in [-0.25, -0.2) is 0 Å². The van der Waals surface area contributed by atoms with E-state index in [-0.39, 0.29) is 6.04 Å². The smallest absolute Gasteiger partial charge is 0.134 e. The molecule has 3 heteroatoms. The molecule has 3 N–H and O–H groups in total. The van der Waals surface area contributed by atoms with E-state index in [1.54, 1.807) is 0 Å². The van der Waals surface area contributed by atoms with E-state index in [4.69, 9.17) is 0 Å². The van der Waals surface area contributed by atoms with E-state index in [1.807, 2.05) is 18.2 Å². The quantitative estimate of drug-likeness (QED) is 0.693. The number of aliphatic hydroxyl groups is 2. The van der Waals surface area contributed by atoms with Crippen LogP contribution in [0.1, 0.15) is 52.4 Å². The molecular formula is C20H29NO2. The lowest BCUT2D eigenvalue weighted by molar-refractivity contribution is 0.321. The van der Waals surface area contributed by atoms with E-state index < -0.39 is 0 Å². The zero-order valence-corrected chi connectivity index (χ0v) is 14.3. The number of aliphatic hydroxyl groups excluding tert-OH is 2. The number of hydrogen-bond donors (Lipinski definition) is 3. The Kier molecular flexibility index (Phi) is 4.84. The van der Waals surface area contributed by atoms with Crippen molar-refractivity contribution in [2.45, 2.75) is 58.4 Å². The molecular weight excluding hydrogens is 286 g/mol. The first-order chi connectivity index (χ1) is 11.0. The number of dihydropyridines is 1. The van der Waals surface area contributed by atoms with Crippen LogP contribution in [0.15, 0.2) is 47.1 Å².